The summed E-state index contributed by atoms with van der Waals surface area (Å²) in [7, 11) is -3.46. The summed E-state index contributed by atoms with van der Waals surface area (Å²) in [5.41, 5.74) is 3.26. The molecule has 0 amide bonds. The van der Waals surface area contributed by atoms with E-state index in [4.69, 9.17) is 0 Å². The van der Waals surface area contributed by atoms with Crippen LogP contribution in [0.25, 0.3) is 6.08 Å². The maximum Gasteiger partial charge on any atom is 0.243 e. The fourth-order valence-electron chi connectivity index (χ4n) is 2.88. The molecule has 2 aromatic rings. The number of nitrogens with zero attached hydrogens (tertiary/aromatic N) is 1. The monoisotopic (exact) mass is 339 g/mol. The Morgan fingerprint density at radius 2 is 1.50 bits per heavy atom. The van der Waals surface area contributed by atoms with Crippen molar-refractivity contribution in [3.8, 4) is 0 Å². The van der Waals surface area contributed by atoms with Gasteiger partial charge in [0.15, 0.2) is 0 Å². The second-order valence-corrected chi connectivity index (χ2v) is 7.74. The smallest absolute Gasteiger partial charge is 0.207 e. The Bertz CT molecular complexity index is 853. The van der Waals surface area contributed by atoms with Crippen molar-refractivity contribution in [1.29, 1.82) is 0 Å². The molecule has 0 aromatic heterocycles. The van der Waals surface area contributed by atoms with Gasteiger partial charge in [0.25, 0.3) is 0 Å². The zero-order valence-electron chi connectivity index (χ0n) is 13.7. The van der Waals surface area contributed by atoms with Gasteiger partial charge in [-0.1, -0.05) is 67.6 Å². The molecule has 1 aliphatic heterocycles. The van der Waals surface area contributed by atoms with E-state index in [1.54, 1.807) is 28.6 Å². The molecule has 1 heterocycles. The van der Waals surface area contributed by atoms with Crippen LogP contribution < -0.4 is 0 Å². The molecule has 1 fully saturated rings. The van der Waals surface area contributed by atoms with Gasteiger partial charge in [-0.25, -0.2) is 8.42 Å². The van der Waals surface area contributed by atoms with E-state index in [9.17, 15) is 8.42 Å². The maximum absolute atomic E-state index is 12.9. The highest BCUT2D eigenvalue weighted by molar-refractivity contribution is 7.89. The number of allylic oxidation sites excluding steroid dienone is 1. The van der Waals surface area contributed by atoms with Gasteiger partial charge in [0.1, 0.15) is 0 Å². The molecule has 1 saturated heterocycles. The third kappa shape index (κ3) is 3.50. The minimum Gasteiger partial charge on any atom is -0.207 e. The fraction of sp³-hybridized carbons (Fsp3) is 0.200. The SMILES string of the molecule is CC/C=C1\CN(S(=O)(=O)c2ccccc2)C\C1=C\c1ccccc1. The molecule has 1 aliphatic rings. The van der Waals surface area contributed by atoms with Crippen LogP contribution in [0.5, 0.6) is 0 Å². The van der Waals surface area contributed by atoms with E-state index in [1.807, 2.05) is 36.4 Å². The van der Waals surface area contributed by atoms with Crippen molar-refractivity contribution < 1.29 is 8.42 Å². The lowest BCUT2D eigenvalue weighted by atomic mass is 10.1. The molecule has 4 heteroatoms. The van der Waals surface area contributed by atoms with Gasteiger partial charge < -0.3 is 0 Å². The number of rotatable bonds is 4. The summed E-state index contributed by atoms with van der Waals surface area (Å²) in [4.78, 5) is 0.349. The standard InChI is InChI=1S/C20H21NO2S/c1-2-9-18-15-21(24(22,23)20-12-7-4-8-13-20)16-19(18)14-17-10-5-3-6-11-17/h3-14H,2,15-16H2,1H3/b18-9+,19-14-. The van der Waals surface area contributed by atoms with E-state index in [-0.39, 0.29) is 0 Å². The van der Waals surface area contributed by atoms with E-state index in [1.165, 1.54) is 0 Å². The van der Waals surface area contributed by atoms with Crippen LogP contribution in [-0.4, -0.2) is 25.8 Å². The van der Waals surface area contributed by atoms with Gasteiger partial charge in [0.05, 0.1) is 4.90 Å². The second kappa shape index (κ2) is 7.16. The average molecular weight is 339 g/mol. The van der Waals surface area contributed by atoms with Crippen LogP contribution in [0.1, 0.15) is 18.9 Å². The van der Waals surface area contributed by atoms with E-state index < -0.39 is 10.0 Å². The molecule has 3 nitrogen and oxygen atoms in total. The lowest BCUT2D eigenvalue weighted by Gasteiger charge is -2.14. The first-order valence-corrected chi connectivity index (χ1v) is 9.55. The maximum atomic E-state index is 12.9. The number of benzene rings is 2. The largest absolute Gasteiger partial charge is 0.243 e. The molecular weight excluding hydrogens is 318 g/mol. The lowest BCUT2D eigenvalue weighted by molar-refractivity contribution is 0.489. The minimum atomic E-state index is -3.46. The highest BCUT2D eigenvalue weighted by Gasteiger charge is 2.32. The van der Waals surface area contributed by atoms with E-state index in [0.717, 1.165) is 23.1 Å². The topological polar surface area (TPSA) is 37.4 Å². The molecule has 0 aliphatic carbocycles. The summed E-state index contributed by atoms with van der Waals surface area (Å²) in [6.07, 6.45) is 5.10. The first-order chi connectivity index (χ1) is 11.6. The summed E-state index contributed by atoms with van der Waals surface area (Å²) < 4.78 is 27.3. The van der Waals surface area contributed by atoms with Crippen LogP contribution in [-0.2, 0) is 10.0 Å². The van der Waals surface area contributed by atoms with Crippen molar-refractivity contribution in [2.75, 3.05) is 13.1 Å². The van der Waals surface area contributed by atoms with Gasteiger partial charge >= 0.3 is 0 Å². The summed E-state index contributed by atoms with van der Waals surface area (Å²) in [6, 6.07) is 18.7. The molecule has 3 rings (SSSR count). The van der Waals surface area contributed by atoms with Crippen LogP contribution in [0.2, 0.25) is 0 Å². The van der Waals surface area contributed by atoms with E-state index in [0.29, 0.717) is 18.0 Å². The van der Waals surface area contributed by atoms with Gasteiger partial charge in [-0.05, 0) is 35.3 Å². The Kier molecular flexibility index (Phi) is 4.97. The average Bonchev–Trinajstić information content (AvgIpc) is 3.00. The Hall–Kier alpha value is -2.17. The zero-order valence-corrected chi connectivity index (χ0v) is 14.5. The molecule has 124 valence electrons. The summed E-state index contributed by atoms with van der Waals surface area (Å²) in [5, 5.41) is 0. The third-order valence-electron chi connectivity index (χ3n) is 4.08. The summed E-state index contributed by atoms with van der Waals surface area (Å²) >= 11 is 0. The Labute approximate surface area is 144 Å². The van der Waals surface area contributed by atoms with Gasteiger partial charge in [-0.15, -0.1) is 0 Å². The Morgan fingerprint density at radius 3 is 2.12 bits per heavy atom. The molecule has 0 bridgehead atoms. The van der Waals surface area contributed by atoms with Crippen molar-refractivity contribution in [3.63, 3.8) is 0 Å². The zero-order chi connectivity index (χ0) is 17.0. The highest BCUT2D eigenvalue weighted by Crippen LogP contribution is 2.29. The predicted octanol–water partition coefficient (Wildman–Crippen LogP) is 4.11. The lowest BCUT2D eigenvalue weighted by Crippen LogP contribution is -2.28. The Morgan fingerprint density at radius 1 is 0.917 bits per heavy atom. The van der Waals surface area contributed by atoms with Crippen LogP contribution in [0.4, 0.5) is 0 Å². The second-order valence-electron chi connectivity index (χ2n) is 5.80. The quantitative estimate of drug-likeness (QED) is 0.840. The molecule has 0 spiro atoms. The Balaban J connectivity index is 1.94. The van der Waals surface area contributed by atoms with Gasteiger partial charge in [-0.3, -0.25) is 0 Å². The minimum absolute atomic E-state index is 0.349. The van der Waals surface area contributed by atoms with Crippen LogP contribution in [0, 0.1) is 0 Å². The first-order valence-electron chi connectivity index (χ1n) is 8.11. The van der Waals surface area contributed by atoms with Crippen molar-refractivity contribution in [2.45, 2.75) is 18.2 Å². The summed E-state index contributed by atoms with van der Waals surface area (Å²) in [6.45, 7) is 2.92. The van der Waals surface area contributed by atoms with Gasteiger partial charge in [0, 0.05) is 13.1 Å². The van der Waals surface area contributed by atoms with Crippen molar-refractivity contribution in [3.05, 3.63) is 83.4 Å². The van der Waals surface area contributed by atoms with E-state index >= 15 is 0 Å². The fourth-order valence-corrected chi connectivity index (χ4v) is 4.30. The molecule has 0 N–H and O–H groups in total. The molecular formula is C20H21NO2S. The normalized spacial score (nSPS) is 19.2. The molecule has 0 atom stereocenters. The first kappa shape index (κ1) is 16.7. The molecule has 0 unspecified atom stereocenters. The molecule has 2 aromatic carbocycles. The van der Waals surface area contributed by atoms with Crippen molar-refractivity contribution in [1.82, 2.24) is 4.31 Å². The highest BCUT2D eigenvalue weighted by atomic mass is 32.2. The van der Waals surface area contributed by atoms with Crippen molar-refractivity contribution >= 4 is 16.1 Å². The van der Waals surface area contributed by atoms with Crippen molar-refractivity contribution in [2.24, 2.45) is 0 Å². The van der Waals surface area contributed by atoms with E-state index in [2.05, 4.69) is 19.1 Å². The molecule has 24 heavy (non-hydrogen) atoms. The molecule has 0 saturated carbocycles. The van der Waals surface area contributed by atoms with Crippen LogP contribution in [0.15, 0.2) is 82.8 Å². The number of hydrogen-bond acceptors (Lipinski definition) is 2. The molecule has 0 radical (unpaired) electrons. The number of hydrogen-bond donors (Lipinski definition) is 0. The van der Waals surface area contributed by atoms with Crippen LogP contribution >= 0.6 is 0 Å². The van der Waals surface area contributed by atoms with Gasteiger partial charge in [-0.2, -0.15) is 4.31 Å². The summed E-state index contributed by atoms with van der Waals surface area (Å²) in [5.74, 6) is 0. The third-order valence-corrected chi connectivity index (χ3v) is 5.88. The van der Waals surface area contributed by atoms with Gasteiger partial charge in [0.2, 0.25) is 10.0 Å². The van der Waals surface area contributed by atoms with Crippen LogP contribution in [0.3, 0.4) is 0 Å². The number of sulfonamides is 1. The predicted molar refractivity (Wildman–Crippen MR) is 98.0 cm³/mol.